The molecular weight excluding hydrogens is 424 g/mol. The average Bonchev–Trinajstić information content (AvgIpc) is 3.22. The van der Waals surface area contributed by atoms with Gasteiger partial charge in [-0.1, -0.05) is 31.2 Å². The number of aromatic nitrogens is 3. The van der Waals surface area contributed by atoms with Gasteiger partial charge >= 0.3 is 0 Å². The number of nitrogens with one attached hydrogen (secondary N) is 2. The molecule has 3 aromatic rings. The lowest BCUT2D eigenvalue weighted by Gasteiger charge is -2.08. The van der Waals surface area contributed by atoms with E-state index in [1.165, 1.54) is 57.7 Å². The number of benzene rings is 1. The zero-order valence-electron chi connectivity index (χ0n) is 18.7. The fourth-order valence-electron chi connectivity index (χ4n) is 3.56. The Bertz CT molecular complexity index is 1170. The molecule has 0 bridgehead atoms. The van der Waals surface area contributed by atoms with Crippen LogP contribution in [0.3, 0.4) is 0 Å². The summed E-state index contributed by atoms with van der Waals surface area (Å²) in [5, 5.41) is 4.73. The zero-order chi connectivity index (χ0) is 23.6. The number of piperidine rings is 1. The lowest BCUT2D eigenvalue weighted by atomic mass is 10.1. The van der Waals surface area contributed by atoms with Crippen LogP contribution in [-0.4, -0.2) is 35.2 Å². The number of hydrogen-bond donors (Lipinski definition) is 3. The van der Waals surface area contributed by atoms with Crippen molar-refractivity contribution in [2.75, 3.05) is 25.9 Å². The Kier molecular flexibility index (Phi) is 8.71. The van der Waals surface area contributed by atoms with E-state index in [-0.39, 0.29) is 17.9 Å². The van der Waals surface area contributed by atoms with Gasteiger partial charge in [0.1, 0.15) is 11.6 Å². The first-order valence-corrected chi connectivity index (χ1v) is 10.9. The number of hydrogen-bond acceptors (Lipinski definition) is 5. The molecule has 2 aromatic heterocycles. The molecule has 174 valence electrons. The summed E-state index contributed by atoms with van der Waals surface area (Å²) in [6.07, 6.45) is 11.1. The molecule has 4 rings (SSSR count). The molecular formula is C25H29F2N5O. The third-order valence-electron chi connectivity index (χ3n) is 5.22. The van der Waals surface area contributed by atoms with Crippen LogP contribution < -0.4 is 26.4 Å². The Morgan fingerprint density at radius 1 is 1.15 bits per heavy atom. The number of nitrogens with zero attached hydrogens (tertiary/aromatic N) is 2. The summed E-state index contributed by atoms with van der Waals surface area (Å²) in [4.78, 5) is 11.3. The Labute approximate surface area is 191 Å². The van der Waals surface area contributed by atoms with E-state index in [0.29, 0.717) is 17.1 Å². The van der Waals surface area contributed by atoms with Crippen LogP contribution in [0.1, 0.15) is 24.8 Å². The highest BCUT2D eigenvalue weighted by Gasteiger charge is 2.11. The summed E-state index contributed by atoms with van der Waals surface area (Å²) in [5.74, 6) is -0.805. The molecule has 0 spiro atoms. The number of ether oxygens (including phenoxy) is 1. The van der Waals surface area contributed by atoms with Crippen molar-refractivity contribution in [3.05, 3.63) is 70.9 Å². The summed E-state index contributed by atoms with van der Waals surface area (Å²) in [6.45, 7) is 6.19. The van der Waals surface area contributed by atoms with Gasteiger partial charge in [-0.05, 0) is 50.6 Å². The highest BCUT2D eigenvalue weighted by atomic mass is 19.1. The summed E-state index contributed by atoms with van der Waals surface area (Å²) in [5.41, 5.74) is 6.97. The maximum Gasteiger partial charge on any atom is 0.223 e. The number of allylic oxidation sites excluding steroid dienone is 1. The van der Waals surface area contributed by atoms with Gasteiger partial charge in [0.2, 0.25) is 11.8 Å². The molecule has 0 unspecified atom stereocenters. The number of aromatic amines is 1. The second-order valence-electron chi connectivity index (χ2n) is 7.50. The fraction of sp³-hybridized carbons (Fsp3) is 0.280. The van der Waals surface area contributed by atoms with Crippen LogP contribution in [0, 0.1) is 11.6 Å². The maximum atomic E-state index is 14.0. The zero-order valence-corrected chi connectivity index (χ0v) is 18.7. The van der Waals surface area contributed by atoms with Crippen molar-refractivity contribution in [2.45, 2.75) is 25.7 Å². The molecule has 8 heteroatoms. The van der Waals surface area contributed by atoms with Gasteiger partial charge in [0.15, 0.2) is 0 Å². The molecule has 0 radical (unpaired) electrons. The topological polar surface area (TPSA) is 88.8 Å². The van der Waals surface area contributed by atoms with Crippen LogP contribution in [0.5, 0.6) is 5.88 Å². The van der Waals surface area contributed by atoms with Crippen LogP contribution in [-0.2, 0) is 6.42 Å². The minimum Gasteiger partial charge on any atom is -0.481 e. The van der Waals surface area contributed by atoms with Crippen LogP contribution in [0.15, 0.2) is 43.1 Å². The standard InChI is InChI=1S/C20H18F2N4O.C5H11N/c1-3-5-17-12(8-9-13-15(21)6-4-7-16(13)22)14(11-24-17)18-10-19(27-2)26-20(23)25-18;1-2-4-6-5-3-1/h3-8,10-11,24H,1,9H2,2H3,(H2,23,25,26);6H,1-5H2/b12-8-,17-5+;. The third kappa shape index (κ3) is 6.49. The molecule has 4 N–H and O–H groups in total. The number of halogens is 2. The summed E-state index contributed by atoms with van der Waals surface area (Å²) in [6, 6.07) is 5.44. The summed E-state index contributed by atoms with van der Waals surface area (Å²) < 4.78 is 33.1. The summed E-state index contributed by atoms with van der Waals surface area (Å²) >= 11 is 0. The Hall–Kier alpha value is -3.52. The Morgan fingerprint density at radius 2 is 1.88 bits per heavy atom. The SMILES string of the molecule is C1CCNCC1.C=C/C=c1/[nH]cc(-c2cc(OC)nc(N)n2)/c1=C/Cc1c(F)cccc1F. The van der Waals surface area contributed by atoms with Crippen molar-refractivity contribution in [1.29, 1.82) is 0 Å². The molecule has 1 aromatic carbocycles. The minimum absolute atomic E-state index is 0.00557. The van der Waals surface area contributed by atoms with Crippen molar-refractivity contribution < 1.29 is 13.5 Å². The minimum atomic E-state index is -0.592. The molecule has 3 heterocycles. The van der Waals surface area contributed by atoms with E-state index >= 15 is 0 Å². The van der Waals surface area contributed by atoms with Gasteiger partial charge in [-0.3, -0.25) is 0 Å². The van der Waals surface area contributed by atoms with Crippen molar-refractivity contribution in [3.8, 4) is 17.1 Å². The third-order valence-corrected chi connectivity index (χ3v) is 5.22. The van der Waals surface area contributed by atoms with E-state index in [0.717, 1.165) is 10.6 Å². The molecule has 1 aliphatic heterocycles. The molecule has 1 fully saturated rings. The van der Waals surface area contributed by atoms with E-state index in [1.54, 1.807) is 30.5 Å². The summed E-state index contributed by atoms with van der Waals surface area (Å²) in [7, 11) is 1.48. The predicted octanol–water partition coefficient (Wildman–Crippen LogP) is 3.09. The van der Waals surface area contributed by atoms with Crippen molar-refractivity contribution in [2.24, 2.45) is 0 Å². The number of nitrogens with two attached hydrogens (primary N) is 1. The average molecular weight is 454 g/mol. The maximum absolute atomic E-state index is 14.0. The normalized spacial score (nSPS) is 14.5. The molecule has 33 heavy (non-hydrogen) atoms. The molecule has 0 aliphatic carbocycles. The van der Waals surface area contributed by atoms with Gasteiger partial charge in [-0.2, -0.15) is 4.98 Å². The number of rotatable bonds is 5. The number of H-pyrrole nitrogens is 1. The van der Waals surface area contributed by atoms with Gasteiger partial charge in [0, 0.05) is 34.0 Å². The molecule has 1 saturated heterocycles. The predicted molar refractivity (Wildman–Crippen MR) is 128 cm³/mol. The van der Waals surface area contributed by atoms with Gasteiger partial charge in [-0.15, -0.1) is 0 Å². The van der Waals surface area contributed by atoms with E-state index in [4.69, 9.17) is 10.5 Å². The van der Waals surface area contributed by atoms with E-state index in [2.05, 4.69) is 26.8 Å². The van der Waals surface area contributed by atoms with Crippen LogP contribution in [0.25, 0.3) is 23.4 Å². The highest BCUT2D eigenvalue weighted by Crippen LogP contribution is 2.18. The van der Waals surface area contributed by atoms with Crippen LogP contribution >= 0.6 is 0 Å². The second-order valence-corrected chi connectivity index (χ2v) is 7.50. The first-order valence-electron chi connectivity index (χ1n) is 10.9. The van der Waals surface area contributed by atoms with Crippen LogP contribution in [0.4, 0.5) is 14.7 Å². The fourth-order valence-corrected chi connectivity index (χ4v) is 3.56. The number of anilines is 1. The molecule has 6 nitrogen and oxygen atoms in total. The van der Waals surface area contributed by atoms with Gasteiger partial charge in [0.05, 0.1) is 12.8 Å². The number of methoxy groups -OCH3 is 1. The lowest BCUT2D eigenvalue weighted by Crippen LogP contribution is -2.24. The Morgan fingerprint density at radius 3 is 2.45 bits per heavy atom. The largest absolute Gasteiger partial charge is 0.481 e. The second kappa shape index (κ2) is 11.9. The monoisotopic (exact) mass is 453 g/mol. The van der Waals surface area contributed by atoms with Crippen molar-refractivity contribution in [1.82, 2.24) is 20.3 Å². The lowest BCUT2D eigenvalue weighted by molar-refractivity contribution is 0.398. The van der Waals surface area contributed by atoms with Gasteiger partial charge in [-0.25, -0.2) is 13.8 Å². The Balaban J connectivity index is 0.000000442. The van der Waals surface area contributed by atoms with Gasteiger partial charge in [0.25, 0.3) is 0 Å². The highest BCUT2D eigenvalue weighted by molar-refractivity contribution is 5.64. The smallest absolute Gasteiger partial charge is 0.223 e. The van der Waals surface area contributed by atoms with E-state index < -0.39 is 11.6 Å². The quantitative estimate of drug-likeness (QED) is 0.553. The first kappa shape index (κ1) is 24.1. The van der Waals surface area contributed by atoms with Gasteiger partial charge < -0.3 is 20.8 Å². The van der Waals surface area contributed by atoms with Crippen molar-refractivity contribution >= 4 is 18.1 Å². The van der Waals surface area contributed by atoms with Crippen molar-refractivity contribution in [3.63, 3.8) is 0 Å². The van der Waals surface area contributed by atoms with Crippen LogP contribution in [0.2, 0.25) is 0 Å². The molecule has 1 aliphatic rings. The first-order chi connectivity index (χ1) is 16.0. The molecule has 0 atom stereocenters. The number of nitrogen functional groups attached to an aromatic ring is 1. The van der Waals surface area contributed by atoms with E-state index in [1.807, 2.05) is 0 Å². The molecule has 0 saturated carbocycles. The molecule has 0 amide bonds. The van der Waals surface area contributed by atoms with E-state index in [9.17, 15) is 8.78 Å².